The van der Waals surface area contributed by atoms with Gasteiger partial charge in [0.15, 0.2) is 0 Å². The lowest BCUT2D eigenvalue weighted by Crippen LogP contribution is -2.44. The number of aliphatic carboxylic acids is 1. The van der Waals surface area contributed by atoms with Crippen LogP contribution in [0.5, 0.6) is 0 Å². The van der Waals surface area contributed by atoms with Crippen LogP contribution in [0.1, 0.15) is 12.8 Å². The number of carbonyl (C=O) groups is 1. The third-order valence-corrected chi connectivity index (χ3v) is 2.26. The molecule has 0 saturated carbocycles. The molecule has 2 aliphatic rings. The van der Waals surface area contributed by atoms with E-state index < -0.39 is 5.97 Å². The van der Waals surface area contributed by atoms with Crippen LogP contribution in [-0.4, -0.2) is 34.0 Å². The van der Waals surface area contributed by atoms with Gasteiger partial charge in [-0.15, -0.1) is 0 Å². The van der Waals surface area contributed by atoms with E-state index in [-0.39, 0.29) is 5.48 Å². The SMILES string of the molecule is O.O=C(O)C1=CCC2CCN12. The zero-order valence-corrected chi connectivity index (χ0v) is 6.08. The molecule has 0 aromatic rings. The van der Waals surface area contributed by atoms with Gasteiger partial charge in [-0.05, 0) is 12.8 Å². The quantitative estimate of drug-likeness (QED) is 0.563. The van der Waals surface area contributed by atoms with Gasteiger partial charge in [-0.2, -0.15) is 0 Å². The summed E-state index contributed by atoms with van der Waals surface area (Å²) < 4.78 is 0. The zero-order valence-electron chi connectivity index (χ0n) is 6.08. The summed E-state index contributed by atoms with van der Waals surface area (Å²) in [6, 6.07) is 0.520. The molecule has 0 amide bonds. The fourth-order valence-corrected chi connectivity index (χ4v) is 1.58. The van der Waals surface area contributed by atoms with Gasteiger partial charge >= 0.3 is 5.97 Å². The summed E-state index contributed by atoms with van der Waals surface area (Å²) >= 11 is 0. The molecule has 0 aromatic heterocycles. The van der Waals surface area contributed by atoms with Crippen LogP contribution in [0.2, 0.25) is 0 Å². The Balaban J connectivity index is 0.000000605. The van der Waals surface area contributed by atoms with Crippen LogP contribution in [0.3, 0.4) is 0 Å². The van der Waals surface area contributed by atoms with E-state index in [1.807, 2.05) is 11.0 Å². The lowest BCUT2D eigenvalue weighted by atomic mass is 10.0. The molecule has 0 radical (unpaired) electrons. The van der Waals surface area contributed by atoms with Crippen molar-refractivity contribution in [3.05, 3.63) is 11.8 Å². The summed E-state index contributed by atoms with van der Waals surface area (Å²) in [4.78, 5) is 12.4. The largest absolute Gasteiger partial charge is 0.477 e. The molecule has 11 heavy (non-hydrogen) atoms. The third-order valence-electron chi connectivity index (χ3n) is 2.26. The molecule has 2 aliphatic heterocycles. The van der Waals surface area contributed by atoms with Crippen LogP contribution in [0.25, 0.3) is 0 Å². The maximum absolute atomic E-state index is 10.5. The highest BCUT2D eigenvalue weighted by atomic mass is 16.4. The Hall–Kier alpha value is -1.03. The smallest absolute Gasteiger partial charge is 0.351 e. The second-order valence-electron chi connectivity index (χ2n) is 2.77. The molecule has 1 atom stereocenters. The van der Waals surface area contributed by atoms with Gasteiger partial charge in [-0.3, -0.25) is 0 Å². The van der Waals surface area contributed by atoms with Gasteiger partial charge in [0.1, 0.15) is 5.70 Å². The van der Waals surface area contributed by atoms with E-state index in [1.165, 1.54) is 0 Å². The molecule has 0 bridgehead atoms. The van der Waals surface area contributed by atoms with Gasteiger partial charge < -0.3 is 15.5 Å². The monoisotopic (exact) mass is 157 g/mol. The lowest BCUT2D eigenvalue weighted by Gasteiger charge is -2.37. The summed E-state index contributed by atoms with van der Waals surface area (Å²) in [5, 5.41) is 8.63. The van der Waals surface area contributed by atoms with E-state index in [9.17, 15) is 4.79 Å². The predicted molar refractivity (Wildman–Crippen MR) is 39.1 cm³/mol. The molecule has 1 unspecified atom stereocenters. The van der Waals surface area contributed by atoms with Crippen LogP contribution in [0.15, 0.2) is 11.8 Å². The Morgan fingerprint density at radius 3 is 2.73 bits per heavy atom. The number of carboxylic acid groups (broad SMARTS) is 1. The number of nitrogens with zero attached hydrogens (tertiary/aromatic N) is 1. The van der Waals surface area contributed by atoms with Crippen LogP contribution in [0.4, 0.5) is 0 Å². The number of hydrogen-bond donors (Lipinski definition) is 1. The average molecular weight is 157 g/mol. The van der Waals surface area contributed by atoms with Gasteiger partial charge in [0.2, 0.25) is 0 Å². The topological polar surface area (TPSA) is 72.0 Å². The van der Waals surface area contributed by atoms with Gasteiger partial charge in [-0.1, -0.05) is 6.08 Å². The molecule has 4 heteroatoms. The van der Waals surface area contributed by atoms with E-state index >= 15 is 0 Å². The van der Waals surface area contributed by atoms with Crippen LogP contribution in [0, 0.1) is 0 Å². The first-order valence-corrected chi connectivity index (χ1v) is 3.49. The van der Waals surface area contributed by atoms with Crippen molar-refractivity contribution in [2.24, 2.45) is 0 Å². The Bertz CT molecular complexity index is 212. The van der Waals surface area contributed by atoms with Crippen molar-refractivity contribution in [1.82, 2.24) is 4.90 Å². The average Bonchev–Trinajstić information content (AvgIpc) is 2.07. The lowest BCUT2D eigenvalue weighted by molar-refractivity contribution is -0.135. The summed E-state index contributed by atoms with van der Waals surface area (Å²) in [5.41, 5.74) is 0.510. The first kappa shape index (κ1) is 8.07. The minimum absolute atomic E-state index is 0. The van der Waals surface area contributed by atoms with E-state index in [0.717, 1.165) is 19.4 Å². The summed E-state index contributed by atoms with van der Waals surface area (Å²) in [5.74, 6) is -0.776. The number of rotatable bonds is 1. The van der Waals surface area contributed by atoms with E-state index in [0.29, 0.717) is 11.7 Å². The van der Waals surface area contributed by atoms with Gasteiger partial charge in [0.25, 0.3) is 0 Å². The zero-order chi connectivity index (χ0) is 7.14. The van der Waals surface area contributed by atoms with Crippen molar-refractivity contribution in [1.29, 1.82) is 0 Å². The molecule has 2 rings (SSSR count). The number of fused-ring (bicyclic) bond motifs is 1. The van der Waals surface area contributed by atoms with E-state index in [1.54, 1.807) is 0 Å². The van der Waals surface area contributed by atoms with Crippen molar-refractivity contribution in [2.45, 2.75) is 18.9 Å². The highest BCUT2D eigenvalue weighted by Gasteiger charge is 2.36. The Morgan fingerprint density at radius 1 is 1.73 bits per heavy atom. The van der Waals surface area contributed by atoms with E-state index in [4.69, 9.17) is 5.11 Å². The van der Waals surface area contributed by atoms with E-state index in [2.05, 4.69) is 0 Å². The molecule has 62 valence electrons. The molecule has 1 saturated heterocycles. The molecule has 2 heterocycles. The van der Waals surface area contributed by atoms with Gasteiger partial charge in [-0.25, -0.2) is 4.79 Å². The molecule has 0 aliphatic carbocycles. The molecule has 4 nitrogen and oxygen atoms in total. The van der Waals surface area contributed by atoms with Crippen LogP contribution in [-0.2, 0) is 4.79 Å². The van der Waals surface area contributed by atoms with Crippen molar-refractivity contribution < 1.29 is 15.4 Å². The fourth-order valence-electron chi connectivity index (χ4n) is 1.58. The summed E-state index contributed by atoms with van der Waals surface area (Å²) in [6.45, 7) is 0.933. The summed E-state index contributed by atoms with van der Waals surface area (Å²) in [6.07, 6.45) is 3.91. The first-order valence-electron chi connectivity index (χ1n) is 3.49. The Kier molecular flexibility index (Phi) is 1.87. The standard InChI is InChI=1S/C7H9NO2.H2O/c9-7(10)6-2-1-5-3-4-8(5)6;/h2,5H,1,3-4H2,(H,9,10);1H2. The number of carboxylic acids is 1. The normalized spacial score (nSPS) is 26.4. The highest BCUT2D eigenvalue weighted by Crippen LogP contribution is 2.31. The van der Waals surface area contributed by atoms with Crippen LogP contribution >= 0.6 is 0 Å². The van der Waals surface area contributed by atoms with Crippen molar-refractivity contribution in [3.8, 4) is 0 Å². The maximum atomic E-state index is 10.5. The molecule has 0 aromatic carbocycles. The molecule has 0 spiro atoms. The molecule has 1 fully saturated rings. The van der Waals surface area contributed by atoms with Gasteiger partial charge in [0, 0.05) is 12.6 Å². The van der Waals surface area contributed by atoms with Crippen molar-refractivity contribution in [2.75, 3.05) is 6.54 Å². The summed E-state index contributed by atoms with van der Waals surface area (Å²) in [7, 11) is 0. The van der Waals surface area contributed by atoms with Crippen molar-refractivity contribution in [3.63, 3.8) is 0 Å². The number of hydrogen-bond acceptors (Lipinski definition) is 2. The van der Waals surface area contributed by atoms with Crippen molar-refractivity contribution >= 4 is 5.97 Å². The first-order chi connectivity index (χ1) is 4.79. The highest BCUT2D eigenvalue weighted by molar-refractivity contribution is 5.86. The Labute approximate surface area is 64.4 Å². The predicted octanol–water partition coefficient (Wildman–Crippen LogP) is -0.392. The minimum atomic E-state index is -0.776. The second kappa shape index (κ2) is 2.54. The minimum Gasteiger partial charge on any atom is -0.477 e. The molecular formula is C7H11NO3. The maximum Gasteiger partial charge on any atom is 0.351 e. The van der Waals surface area contributed by atoms with Crippen LogP contribution < -0.4 is 0 Å². The fraction of sp³-hybridized carbons (Fsp3) is 0.571. The van der Waals surface area contributed by atoms with Gasteiger partial charge in [0.05, 0.1) is 0 Å². The molecular weight excluding hydrogens is 146 g/mol. The third kappa shape index (κ3) is 0.991. The second-order valence-corrected chi connectivity index (χ2v) is 2.77. The Morgan fingerprint density at radius 2 is 2.45 bits per heavy atom. The molecule has 3 N–H and O–H groups in total.